The maximum atomic E-state index is 12.9. The van der Waals surface area contributed by atoms with E-state index in [-0.39, 0.29) is 42.3 Å². The number of carbonyl (C=O) groups is 2. The summed E-state index contributed by atoms with van der Waals surface area (Å²) in [5.41, 5.74) is 1.90. The third-order valence-electron chi connectivity index (χ3n) is 6.38. The predicted molar refractivity (Wildman–Crippen MR) is 133 cm³/mol. The molecule has 11 heteroatoms. The van der Waals surface area contributed by atoms with Crippen molar-refractivity contribution in [2.45, 2.75) is 6.54 Å². The number of nitrogens with zero attached hydrogens (tertiary/aromatic N) is 4. The molecule has 2 N–H and O–H groups in total. The lowest BCUT2D eigenvalue weighted by molar-refractivity contribution is -0.383. The van der Waals surface area contributed by atoms with Gasteiger partial charge in [0.1, 0.15) is 11.4 Å². The van der Waals surface area contributed by atoms with E-state index in [1.165, 1.54) is 23.6 Å². The quantitative estimate of drug-likeness (QED) is 0.303. The second-order valence-corrected chi connectivity index (χ2v) is 8.63. The third-order valence-corrected chi connectivity index (χ3v) is 6.38. The molecule has 1 amide bonds. The largest absolute Gasteiger partial charge is 0.466 e. The molecule has 0 aromatic heterocycles. The maximum absolute atomic E-state index is 12.9. The highest BCUT2D eigenvalue weighted by molar-refractivity contribution is 6.08. The number of methoxy groups -OCH3 is 1. The summed E-state index contributed by atoms with van der Waals surface area (Å²) in [5.74, 6) is -1.24. The second-order valence-electron chi connectivity index (χ2n) is 8.63. The van der Waals surface area contributed by atoms with Gasteiger partial charge >= 0.3 is 5.97 Å². The van der Waals surface area contributed by atoms with E-state index in [4.69, 9.17) is 4.74 Å². The molecule has 1 saturated heterocycles. The van der Waals surface area contributed by atoms with Crippen LogP contribution >= 0.6 is 0 Å². The average Bonchev–Trinajstić information content (AvgIpc) is 3.19. The van der Waals surface area contributed by atoms with Gasteiger partial charge in [0, 0.05) is 51.0 Å². The van der Waals surface area contributed by atoms with Gasteiger partial charge in [0.2, 0.25) is 0 Å². The number of anilines is 2. The Balaban J connectivity index is 1.54. The summed E-state index contributed by atoms with van der Waals surface area (Å²) >= 11 is 0. The smallest absolute Gasteiger partial charge is 0.337 e. The number of hydrogen-bond acceptors (Lipinski definition) is 9. The molecule has 2 heterocycles. The van der Waals surface area contributed by atoms with Crippen molar-refractivity contribution in [2.24, 2.45) is 0 Å². The number of aliphatic hydroxyl groups excluding tert-OH is 1. The number of β-amino-alcohol motifs (C(OH)–C–C–N with tert-alkyl or cyclic N) is 1. The number of aliphatic hydroxyl groups is 1. The van der Waals surface area contributed by atoms with Crippen molar-refractivity contribution < 1.29 is 24.4 Å². The van der Waals surface area contributed by atoms with Crippen LogP contribution in [0.5, 0.6) is 0 Å². The lowest BCUT2D eigenvalue weighted by Crippen LogP contribution is -2.46. The highest BCUT2D eigenvalue weighted by Crippen LogP contribution is 2.33. The fourth-order valence-corrected chi connectivity index (χ4v) is 4.47. The van der Waals surface area contributed by atoms with Gasteiger partial charge in [-0.1, -0.05) is 30.3 Å². The monoisotopic (exact) mass is 495 g/mol. The first-order chi connectivity index (χ1) is 17.4. The SMILES string of the molecule is COC(=O)C1=C(Nc2cc(N3CCN(Cc4ccccc4)CC3)ccc2[N+](=O)[O-])C(=O)N(CCO)C1. The molecule has 11 nitrogen and oxygen atoms in total. The minimum atomic E-state index is -0.709. The molecule has 0 aliphatic carbocycles. The Morgan fingerprint density at radius 3 is 2.50 bits per heavy atom. The molecule has 2 aliphatic rings. The summed E-state index contributed by atoms with van der Waals surface area (Å²) in [6.07, 6.45) is 0. The lowest BCUT2D eigenvalue weighted by Gasteiger charge is -2.36. The molecule has 190 valence electrons. The van der Waals surface area contributed by atoms with Crippen LogP contribution in [0.4, 0.5) is 17.1 Å². The fraction of sp³-hybridized carbons (Fsp3) is 0.360. The Labute approximate surface area is 208 Å². The average molecular weight is 496 g/mol. The fourth-order valence-electron chi connectivity index (χ4n) is 4.47. The second kappa shape index (κ2) is 11.2. The molecular weight excluding hydrogens is 466 g/mol. The molecule has 0 unspecified atom stereocenters. The molecule has 2 aliphatic heterocycles. The van der Waals surface area contributed by atoms with Crippen molar-refractivity contribution in [3.05, 3.63) is 75.5 Å². The van der Waals surface area contributed by atoms with Gasteiger partial charge in [-0.15, -0.1) is 0 Å². The number of rotatable bonds is 9. The number of nitrogens with one attached hydrogen (secondary N) is 1. The van der Waals surface area contributed by atoms with Crippen molar-refractivity contribution in [1.29, 1.82) is 0 Å². The van der Waals surface area contributed by atoms with Gasteiger partial charge in [0.15, 0.2) is 0 Å². The van der Waals surface area contributed by atoms with Crippen molar-refractivity contribution in [1.82, 2.24) is 9.80 Å². The van der Waals surface area contributed by atoms with Crippen LogP contribution in [0.25, 0.3) is 0 Å². The number of nitro groups is 1. The zero-order valence-electron chi connectivity index (χ0n) is 20.1. The van der Waals surface area contributed by atoms with Crippen molar-refractivity contribution in [3.8, 4) is 0 Å². The van der Waals surface area contributed by atoms with Gasteiger partial charge < -0.3 is 25.0 Å². The Hall–Kier alpha value is -3.96. The molecule has 2 aromatic carbocycles. The molecular formula is C25H29N5O6. The Bertz CT molecular complexity index is 1160. The summed E-state index contributed by atoms with van der Waals surface area (Å²) in [5, 5.41) is 23.8. The van der Waals surface area contributed by atoms with Crippen LogP contribution in [0.3, 0.4) is 0 Å². The number of amides is 1. The molecule has 2 aromatic rings. The van der Waals surface area contributed by atoms with Crippen molar-refractivity contribution in [2.75, 3.05) is 63.2 Å². The van der Waals surface area contributed by atoms with Crippen LogP contribution in [0, 0.1) is 10.1 Å². The van der Waals surface area contributed by atoms with Crippen molar-refractivity contribution >= 4 is 28.9 Å². The topological polar surface area (TPSA) is 128 Å². The number of benzene rings is 2. The van der Waals surface area contributed by atoms with E-state index in [2.05, 4.69) is 27.2 Å². The highest BCUT2D eigenvalue weighted by Gasteiger charge is 2.35. The molecule has 0 saturated carbocycles. The van der Waals surface area contributed by atoms with E-state index in [9.17, 15) is 24.8 Å². The first-order valence-corrected chi connectivity index (χ1v) is 11.7. The zero-order chi connectivity index (χ0) is 25.7. The van der Waals surface area contributed by atoms with Crippen LogP contribution in [0.2, 0.25) is 0 Å². The van der Waals surface area contributed by atoms with Crippen LogP contribution in [-0.2, 0) is 20.9 Å². The molecule has 1 fully saturated rings. The minimum absolute atomic E-state index is 0.0277. The van der Waals surface area contributed by atoms with E-state index in [1.54, 1.807) is 12.1 Å². The van der Waals surface area contributed by atoms with E-state index in [0.29, 0.717) is 0 Å². The zero-order valence-corrected chi connectivity index (χ0v) is 20.1. The Morgan fingerprint density at radius 1 is 1.14 bits per heavy atom. The predicted octanol–water partition coefficient (Wildman–Crippen LogP) is 1.59. The van der Waals surface area contributed by atoms with Gasteiger partial charge in [-0.2, -0.15) is 0 Å². The number of carbonyl (C=O) groups excluding carboxylic acids is 2. The number of piperazine rings is 1. The first kappa shape index (κ1) is 25.1. The van der Waals surface area contributed by atoms with Gasteiger partial charge in [-0.25, -0.2) is 4.79 Å². The number of ether oxygens (including phenoxy) is 1. The molecule has 36 heavy (non-hydrogen) atoms. The summed E-state index contributed by atoms with van der Waals surface area (Å²) < 4.78 is 4.80. The van der Waals surface area contributed by atoms with E-state index >= 15 is 0 Å². The number of esters is 1. The Morgan fingerprint density at radius 2 is 1.86 bits per heavy atom. The number of nitro benzene ring substituents is 1. The van der Waals surface area contributed by atoms with Crippen LogP contribution in [0.15, 0.2) is 59.8 Å². The van der Waals surface area contributed by atoms with Crippen molar-refractivity contribution in [3.63, 3.8) is 0 Å². The molecule has 0 radical (unpaired) electrons. The summed E-state index contributed by atoms with van der Waals surface area (Å²) in [6.45, 7) is 3.71. The third kappa shape index (κ3) is 5.47. The summed E-state index contributed by atoms with van der Waals surface area (Å²) in [6, 6.07) is 15.0. The summed E-state index contributed by atoms with van der Waals surface area (Å²) in [7, 11) is 1.20. The van der Waals surface area contributed by atoms with Crippen LogP contribution < -0.4 is 10.2 Å². The first-order valence-electron chi connectivity index (χ1n) is 11.7. The van der Waals surface area contributed by atoms with Gasteiger partial charge in [-0.3, -0.25) is 19.8 Å². The van der Waals surface area contributed by atoms with E-state index in [0.717, 1.165) is 38.4 Å². The summed E-state index contributed by atoms with van der Waals surface area (Å²) in [4.78, 5) is 42.2. The van der Waals surface area contributed by atoms with E-state index < -0.39 is 16.8 Å². The highest BCUT2D eigenvalue weighted by atomic mass is 16.6. The van der Waals surface area contributed by atoms with Gasteiger partial charge in [0.05, 0.1) is 30.8 Å². The number of hydrogen-bond donors (Lipinski definition) is 2. The standard InChI is InChI=1S/C25H29N5O6/c1-36-25(33)20-17-29(13-14-31)24(32)23(20)26-21-15-19(7-8-22(21)30(34)35)28-11-9-27(10-12-28)16-18-5-3-2-4-6-18/h2-8,15,26,31H,9-14,16-17H2,1H3. The normalized spacial score (nSPS) is 16.4. The molecule has 0 spiro atoms. The van der Waals surface area contributed by atoms with Gasteiger partial charge in [0.25, 0.3) is 11.6 Å². The lowest BCUT2D eigenvalue weighted by atomic mass is 10.1. The van der Waals surface area contributed by atoms with Crippen LogP contribution in [0.1, 0.15) is 5.56 Å². The molecule has 4 rings (SSSR count). The Kier molecular flexibility index (Phi) is 7.81. The minimum Gasteiger partial charge on any atom is -0.466 e. The van der Waals surface area contributed by atoms with Crippen LogP contribution in [-0.4, -0.2) is 84.7 Å². The molecule has 0 atom stereocenters. The van der Waals surface area contributed by atoms with E-state index in [1.807, 2.05) is 18.2 Å². The molecule has 0 bridgehead atoms. The van der Waals surface area contributed by atoms with Gasteiger partial charge in [-0.05, 0) is 17.7 Å². The maximum Gasteiger partial charge on any atom is 0.337 e.